The monoisotopic (exact) mass is 397 g/mol. The summed E-state index contributed by atoms with van der Waals surface area (Å²) in [7, 11) is 1.97. The fraction of sp³-hybridized carbons (Fsp3) is 0.565. The second-order valence-corrected chi connectivity index (χ2v) is 8.48. The van der Waals surface area contributed by atoms with Crippen molar-refractivity contribution in [1.29, 1.82) is 0 Å². The fourth-order valence-corrected chi connectivity index (χ4v) is 4.64. The Labute approximate surface area is 173 Å². The number of ether oxygens (including phenoxy) is 1. The van der Waals surface area contributed by atoms with Crippen molar-refractivity contribution < 1.29 is 14.4 Å². The van der Waals surface area contributed by atoms with Gasteiger partial charge in [0.2, 0.25) is 5.91 Å². The minimum absolute atomic E-state index is 0.0823. The number of amides is 1. The van der Waals surface area contributed by atoms with E-state index in [-0.39, 0.29) is 5.92 Å². The molecule has 1 aliphatic carbocycles. The van der Waals surface area contributed by atoms with E-state index in [2.05, 4.69) is 40.3 Å². The lowest BCUT2D eigenvalue weighted by molar-refractivity contribution is -0.907. The Morgan fingerprint density at radius 3 is 2.76 bits per heavy atom. The van der Waals surface area contributed by atoms with Gasteiger partial charge in [-0.3, -0.25) is 9.48 Å². The summed E-state index contributed by atoms with van der Waals surface area (Å²) in [5.74, 6) is 0.380. The zero-order valence-corrected chi connectivity index (χ0v) is 17.7. The van der Waals surface area contributed by atoms with Crippen molar-refractivity contribution in [2.45, 2.75) is 32.7 Å². The quantitative estimate of drug-likeness (QED) is 0.784. The fourth-order valence-electron chi connectivity index (χ4n) is 4.64. The molecule has 0 unspecified atom stereocenters. The molecule has 1 amide bonds. The predicted octanol–water partition coefficient (Wildman–Crippen LogP) is 0.777. The maximum Gasteiger partial charge on any atom is 0.226 e. The number of carbonyl (C=O) groups excluding carboxylic acids is 1. The summed E-state index contributed by atoms with van der Waals surface area (Å²) in [6, 6.07) is 10.7. The van der Waals surface area contributed by atoms with Crippen LogP contribution < -0.4 is 4.90 Å². The van der Waals surface area contributed by atoms with E-state index >= 15 is 0 Å². The zero-order valence-electron chi connectivity index (χ0n) is 17.7. The topological polar surface area (TPSA) is 51.8 Å². The van der Waals surface area contributed by atoms with E-state index in [9.17, 15) is 4.79 Å². The summed E-state index contributed by atoms with van der Waals surface area (Å²) in [5.41, 5.74) is 4.85. The minimum Gasteiger partial charge on any atom is -0.370 e. The van der Waals surface area contributed by atoms with Crippen LogP contribution in [0.25, 0.3) is 0 Å². The molecule has 2 aromatic rings. The summed E-state index contributed by atoms with van der Waals surface area (Å²) < 4.78 is 7.39. The number of aryl methyl sites for hydroxylation is 3. The van der Waals surface area contributed by atoms with Gasteiger partial charge in [0.15, 0.2) is 0 Å². The number of hydrogen-bond acceptors (Lipinski definition) is 3. The molecule has 6 nitrogen and oxygen atoms in total. The van der Waals surface area contributed by atoms with E-state index < -0.39 is 0 Å². The zero-order chi connectivity index (χ0) is 20.2. The molecule has 1 aliphatic heterocycles. The van der Waals surface area contributed by atoms with Gasteiger partial charge in [0.25, 0.3) is 0 Å². The molecule has 1 aromatic carbocycles. The molecule has 156 valence electrons. The Morgan fingerprint density at radius 1 is 1.28 bits per heavy atom. The molecule has 2 heterocycles. The molecule has 0 radical (unpaired) electrons. The molecular weight excluding hydrogens is 364 g/mol. The second kappa shape index (κ2) is 9.09. The van der Waals surface area contributed by atoms with Gasteiger partial charge in [-0.2, -0.15) is 5.10 Å². The smallest absolute Gasteiger partial charge is 0.226 e. The summed E-state index contributed by atoms with van der Waals surface area (Å²) in [6.07, 6.45) is 2.81. The van der Waals surface area contributed by atoms with Crippen molar-refractivity contribution in [3.8, 4) is 0 Å². The first-order chi connectivity index (χ1) is 14.1. The third kappa shape index (κ3) is 4.87. The average molecular weight is 398 g/mol. The first-order valence-electron chi connectivity index (χ1n) is 10.9. The molecule has 4 rings (SSSR count). The lowest BCUT2D eigenvalue weighted by atomic mass is 9.83. The summed E-state index contributed by atoms with van der Waals surface area (Å²) in [6.45, 7) is 8.12. The number of quaternary nitrogens is 1. The maximum absolute atomic E-state index is 13.6. The van der Waals surface area contributed by atoms with Crippen molar-refractivity contribution >= 4 is 5.91 Å². The molecule has 1 aromatic heterocycles. The summed E-state index contributed by atoms with van der Waals surface area (Å²) >= 11 is 0. The molecule has 6 heteroatoms. The molecule has 1 saturated heterocycles. The summed E-state index contributed by atoms with van der Waals surface area (Å²) in [4.78, 5) is 17.2. The van der Waals surface area contributed by atoms with Gasteiger partial charge in [-0.05, 0) is 43.4 Å². The number of carbonyl (C=O) groups is 1. The van der Waals surface area contributed by atoms with Gasteiger partial charge in [0.1, 0.15) is 13.1 Å². The van der Waals surface area contributed by atoms with E-state index in [0.29, 0.717) is 12.5 Å². The van der Waals surface area contributed by atoms with Gasteiger partial charge in [0, 0.05) is 13.0 Å². The van der Waals surface area contributed by atoms with Gasteiger partial charge >= 0.3 is 0 Å². The van der Waals surface area contributed by atoms with Gasteiger partial charge in [-0.25, -0.2) is 0 Å². The van der Waals surface area contributed by atoms with Crippen molar-refractivity contribution in [2.75, 3.05) is 39.4 Å². The number of hydrogen-bond donors (Lipinski definition) is 1. The van der Waals surface area contributed by atoms with Crippen LogP contribution in [0.3, 0.4) is 0 Å². The van der Waals surface area contributed by atoms with Crippen LogP contribution in [0, 0.1) is 12.8 Å². The van der Waals surface area contributed by atoms with Crippen LogP contribution in [-0.4, -0.2) is 60.0 Å². The van der Waals surface area contributed by atoms with E-state index in [1.54, 1.807) is 0 Å². The molecule has 0 bridgehead atoms. The highest BCUT2D eigenvalue weighted by Crippen LogP contribution is 2.27. The summed E-state index contributed by atoms with van der Waals surface area (Å²) in [5, 5.41) is 4.47. The van der Waals surface area contributed by atoms with Crippen molar-refractivity contribution in [2.24, 2.45) is 13.0 Å². The van der Waals surface area contributed by atoms with Crippen molar-refractivity contribution in [1.82, 2.24) is 14.7 Å². The Morgan fingerprint density at radius 2 is 2.03 bits per heavy atom. The van der Waals surface area contributed by atoms with Gasteiger partial charge in [-0.15, -0.1) is 0 Å². The molecule has 1 fully saturated rings. The molecule has 2 aliphatic rings. The number of benzene rings is 1. The third-order valence-corrected chi connectivity index (χ3v) is 6.39. The van der Waals surface area contributed by atoms with Crippen LogP contribution in [0.15, 0.2) is 30.3 Å². The van der Waals surface area contributed by atoms with E-state index in [1.165, 1.54) is 16.0 Å². The lowest BCUT2D eigenvalue weighted by Gasteiger charge is -2.32. The van der Waals surface area contributed by atoms with Crippen LogP contribution in [0.4, 0.5) is 0 Å². The third-order valence-electron chi connectivity index (χ3n) is 6.39. The highest BCUT2D eigenvalue weighted by atomic mass is 16.5. The van der Waals surface area contributed by atoms with Gasteiger partial charge < -0.3 is 14.5 Å². The normalized spacial score (nSPS) is 19.7. The molecule has 0 saturated carbocycles. The first kappa shape index (κ1) is 20.1. The molecular formula is C23H33N4O2+. The lowest BCUT2D eigenvalue weighted by Crippen LogP contribution is -3.14. The highest BCUT2D eigenvalue weighted by Gasteiger charge is 2.29. The number of rotatable bonds is 6. The average Bonchev–Trinajstić information content (AvgIpc) is 3.07. The van der Waals surface area contributed by atoms with Crippen LogP contribution >= 0.6 is 0 Å². The molecule has 29 heavy (non-hydrogen) atoms. The van der Waals surface area contributed by atoms with Crippen LogP contribution in [-0.2, 0) is 36.0 Å². The maximum atomic E-state index is 13.6. The first-order valence-corrected chi connectivity index (χ1v) is 10.9. The number of nitrogens with one attached hydrogen (secondary N) is 1. The molecule has 0 spiro atoms. The predicted molar refractivity (Wildman–Crippen MR) is 112 cm³/mol. The number of fused-ring (bicyclic) bond motifs is 1. The number of morpholine rings is 1. The Bertz CT molecular complexity index is 841. The van der Waals surface area contributed by atoms with Crippen LogP contribution in [0.1, 0.15) is 28.9 Å². The highest BCUT2D eigenvalue weighted by molar-refractivity contribution is 5.79. The second-order valence-electron chi connectivity index (χ2n) is 8.48. The number of nitrogens with zero attached hydrogens (tertiary/aromatic N) is 3. The minimum atomic E-state index is 0.0823. The Hall–Kier alpha value is -2.18. The standard InChI is InChI=1S/C23H32N4O2/c1-18-15-22(25(2)24-18)17-27(10-9-26-11-13-29-14-12-26)23(28)21-8-7-19-5-3-4-6-20(19)16-21/h3-6,15,21H,7-14,16-17H2,1-2H3/p+1/t21-/m0/s1. The van der Waals surface area contributed by atoms with E-state index in [1.807, 2.05) is 18.7 Å². The van der Waals surface area contributed by atoms with Crippen molar-refractivity contribution in [3.63, 3.8) is 0 Å². The van der Waals surface area contributed by atoms with Gasteiger partial charge in [-0.1, -0.05) is 24.3 Å². The molecule has 1 N–H and O–H groups in total. The Balaban J connectivity index is 1.47. The van der Waals surface area contributed by atoms with E-state index in [4.69, 9.17) is 4.74 Å². The SMILES string of the molecule is Cc1cc(CN(CC[NH+]2CCOCC2)C(=O)[C@H]2CCc3ccccc3C2)n(C)n1. The van der Waals surface area contributed by atoms with E-state index in [0.717, 1.165) is 70.0 Å². The number of aromatic nitrogens is 2. The Kier molecular flexibility index (Phi) is 6.31. The van der Waals surface area contributed by atoms with Gasteiger partial charge in [0.05, 0.1) is 44.2 Å². The van der Waals surface area contributed by atoms with Crippen molar-refractivity contribution in [3.05, 3.63) is 52.8 Å². The largest absolute Gasteiger partial charge is 0.370 e. The van der Waals surface area contributed by atoms with Crippen LogP contribution in [0.5, 0.6) is 0 Å². The molecule has 1 atom stereocenters. The van der Waals surface area contributed by atoms with Crippen LogP contribution in [0.2, 0.25) is 0 Å².